The Hall–Kier alpha value is -1.56. The van der Waals surface area contributed by atoms with Crippen LogP contribution in [0.3, 0.4) is 0 Å². The van der Waals surface area contributed by atoms with Crippen molar-refractivity contribution in [3.8, 4) is 0 Å². The highest BCUT2D eigenvalue weighted by Gasteiger charge is 2.11. The molecule has 2 aromatic rings. The first kappa shape index (κ1) is 12.9. The number of rotatable bonds is 5. The normalized spacial score (nSPS) is 10.8. The monoisotopic (exact) mass is 265 g/mol. The van der Waals surface area contributed by atoms with Crippen LogP contribution < -0.4 is 11.1 Å². The molecule has 2 rings (SSSR count). The molecule has 2 heterocycles. The quantitative estimate of drug-likeness (QED) is 0.871. The first-order valence-electron chi connectivity index (χ1n) is 6.09. The van der Waals surface area contributed by atoms with Gasteiger partial charge in [0.25, 0.3) is 0 Å². The van der Waals surface area contributed by atoms with E-state index in [2.05, 4.69) is 27.7 Å². The van der Waals surface area contributed by atoms with Crippen LogP contribution in [0.25, 0.3) is 0 Å². The van der Waals surface area contributed by atoms with E-state index in [0.717, 1.165) is 40.9 Å². The van der Waals surface area contributed by atoms with E-state index in [1.165, 1.54) is 0 Å². The van der Waals surface area contributed by atoms with E-state index in [-0.39, 0.29) is 0 Å². The molecule has 98 valence electrons. The molecule has 0 saturated heterocycles. The van der Waals surface area contributed by atoms with E-state index in [1.807, 2.05) is 18.5 Å². The summed E-state index contributed by atoms with van der Waals surface area (Å²) in [6, 6.07) is 0. The summed E-state index contributed by atoms with van der Waals surface area (Å²) in [7, 11) is 0. The molecule has 0 aliphatic rings. The number of aryl methyl sites for hydroxylation is 3. The van der Waals surface area contributed by atoms with Gasteiger partial charge in [0.1, 0.15) is 5.82 Å². The lowest BCUT2D eigenvalue weighted by molar-refractivity contribution is 0.602. The molecule has 3 N–H and O–H groups in total. The van der Waals surface area contributed by atoms with Crippen LogP contribution in [0.5, 0.6) is 0 Å². The Labute approximate surface area is 111 Å². The molecule has 0 fully saturated rings. The number of nitrogen functional groups attached to an aromatic ring is 1. The molecule has 6 heteroatoms. The van der Waals surface area contributed by atoms with Crippen molar-refractivity contribution in [3.63, 3.8) is 0 Å². The van der Waals surface area contributed by atoms with Crippen molar-refractivity contribution in [3.05, 3.63) is 21.8 Å². The zero-order valence-corrected chi connectivity index (χ0v) is 11.8. The highest BCUT2D eigenvalue weighted by atomic mass is 32.1. The maximum atomic E-state index is 6.04. The minimum atomic E-state index is 0.684. The summed E-state index contributed by atoms with van der Waals surface area (Å²) in [4.78, 5) is 4.42. The van der Waals surface area contributed by atoms with Crippen LogP contribution in [0, 0.1) is 13.8 Å². The van der Waals surface area contributed by atoms with Crippen LogP contribution in [0.15, 0.2) is 5.38 Å². The standard InChI is InChI=1S/C12H19N5S/c1-4-5-17-12(11(13)8(2)16-17)14-6-10-7-18-9(3)15-10/h7,14H,4-6,13H2,1-3H3. The molecule has 18 heavy (non-hydrogen) atoms. The summed E-state index contributed by atoms with van der Waals surface area (Å²) in [5.74, 6) is 0.903. The summed E-state index contributed by atoms with van der Waals surface area (Å²) in [6.07, 6.45) is 1.03. The van der Waals surface area contributed by atoms with Gasteiger partial charge >= 0.3 is 0 Å². The van der Waals surface area contributed by atoms with E-state index in [4.69, 9.17) is 5.73 Å². The maximum Gasteiger partial charge on any atom is 0.148 e. The molecule has 0 saturated carbocycles. The molecule has 0 aliphatic heterocycles. The Morgan fingerprint density at radius 1 is 1.44 bits per heavy atom. The van der Waals surface area contributed by atoms with Crippen molar-refractivity contribution in [2.75, 3.05) is 11.1 Å². The van der Waals surface area contributed by atoms with Gasteiger partial charge in [0.2, 0.25) is 0 Å². The van der Waals surface area contributed by atoms with Gasteiger partial charge in [0, 0.05) is 11.9 Å². The third-order valence-corrected chi connectivity index (χ3v) is 3.53. The smallest absolute Gasteiger partial charge is 0.148 e. The topological polar surface area (TPSA) is 68.8 Å². The van der Waals surface area contributed by atoms with Gasteiger partial charge in [0.05, 0.1) is 28.6 Å². The molecule has 2 aromatic heterocycles. The molecule has 0 amide bonds. The second kappa shape index (κ2) is 5.39. The van der Waals surface area contributed by atoms with Gasteiger partial charge in [-0.2, -0.15) is 5.10 Å². The SMILES string of the molecule is CCCn1nc(C)c(N)c1NCc1csc(C)n1. The van der Waals surface area contributed by atoms with Crippen LogP contribution >= 0.6 is 11.3 Å². The van der Waals surface area contributed by atoms with Gasteiger partial charge < -0.3 is 11.1 Å². The largest absolute Gasteiger partial charge is 0.394 e. The van der Waals surface area contributed by atoms with Gasteiger partial charge in [-0.05, 0) is 20.3 Å². The minimum Gasteiger partial charge on any atom is -0.394 e. The Balaban J connectivity index is 2.12. The Morgan fingerprint density at radius 3 is 2.83 bits per heavy atom. The molecule has 0 bridgehead atoms. The van der Waals surface area contributed by atoms with Crippen LogP contribution in [-0.2, 0) is 13.1 Å². The lowest BCUT2D eigenvalue weighted by atomic mass is 10.3. The highest BCUT2D eigenvalue weighted by Crippen LogP contribution is 2.23. The summed E-state index contributed by atoms with van der Waals surface area (Å²) in [6.45, 7) is 7.62. The zero-order valence-electron chi connectivity index (χ0n) is 11.0. The molecule has 0 aliphatic carbocycles. The summed E-state index contributed by atoms with van der Waals surface area (Å²) in [5.41, 5.74) is 8.69. The Morgan fingerprint density at radius 2 is 2.22 bits per heavy atom. The molecule has 0 unspecified atom stereocenters. The predicted octanol–water partition coefficient (Wildman–Crippen LogP) is 2.56. The molecule has 0 spiro atoms. The molecule has 5 nitrogen and oxygen atoms in total. The number of nitrogens with two attached hydrogens (primary N) is 1. The predicted molar refractivity (Wildman–Crippen MR) is 75.8 cm³/mol. The molecular formula is C12H19N5S. The Kier molecular flexibility index (Phi) is 3.86. The number of nitrogens with one attached hydrogen (secondary N) is 1. The second-order valence-electron chi connectivity index (χ2n) is 4.28. The number of thiazole rings is 1. The number of nitrogens with zero attached hydrogens (tertiary/aromatic N) is 3. The van der Waals surface area contributed by atoms with Gasteiger partial charge in [-0.25, -0.2) is 9.67 Å². The van der Waals surface area contributed by atoms with Crippen LogP contribution in [0.4, 0.5) is 11.5 Å². The number of hydrogen-bond acceptors (Lipinski definition) is 5. The molecule has 0 radical (unpaired) electrons. The first-order chi connectivity index (χ1) is 8.61. The van der Waals surface area contributed by atoms with Crippen molar-refractivity contribution < 1.29 is 0 Å². The van der Waals surface area contributed by atoms with Gasteiger partial charge in [0.15, 0.2) is 0 Å². The lowest BCUT2D eigenvalue weighted by Crippen LogP contribution is -2.09. The average Bonchev–Trinajstić information content (AvgIpc) is 2.84. The number of aromatic nitrogens is 3. The molecule has 0 aromatic carbocycles. The van der Waals surface area contributed by atoms with Crippen molar-refractivity contribution in [2.45, 2.75) is 40.3 Å². The molecular weight excluding hydrogens is 246 g/mol. The van der Waals surface area contributed by atoms with Crippen LogP contribution in [0.2, 0.25) is 0 Å². The van der Waals surface area contributed by atoms with Gasteiger partial charge in [-0.15, -0.1) is 11.3 Å². The number of hydrogen-bond donors (Lipinski definition) is 2. The van der Waals surface area contributed by atoms with E-state index in [0.29, 0.717) is 6.54 Å². The lowest BCUT2D eigenvalue weighted by Gasteiger charge is -2.08. The third kappa shape index (κ3) is 2.64. The van der Waals surface area contributed by atoms with E-state index >= 15 is 0 Å². The highest BCUT2D eigenvalue weighted by molar-refractivity contribution is 7.09. The van der Waals surface area contributed by atoms with Crippen molar-refractivity contribution in [2.24, 2.45) is 0 Å². The average molecular weight is 265 g/mol. The van der Waals surface area contributed by atoms with Crippen molar-refractivity contribution in [1.82, 2.24) is 14.8 Å². The first-order valence-corrected chi connectivity index (χ1v) is 6.97. The second-order valence-corrected chi connectivity index (χ2v) is 5.34. The third-order valence-electron chi connectivity index (χ3n) is 2.71. The zero-order chi connectivity index (χ0) is 13.1. The summed E-state index contributed by atoms with van der Waals surface area (Å²) >= 11 is 1.66. The van der Waals surface area contributed by atoms with E-state index < -0.39 is 0 Å². The van der Waals surface area contributed by atoms with E-state index in [9.17, 15) is 0 Å². The fourth-order valence-electron chi connectivity index (χ4n) is 1.82. The van der Waals surface area contributed by atoms with Crippen molar-refractivity contribution >= 4 is 22.8 Å². The van der Waals surface area contributed by atoms with Crippen LogP contribution in [0.1, 0.15) is 29.7 Å². The van der Waals surface area contributed by atoms with Gasteiger partial charge in [-0.3, -0.25) is 0 Å². The van der Waals surface area contributed by atoms with E-state index in [1.54, 1.807) is 11.3 Å². The summed E-state index contributed by atoms with van der Waals surface area (Å²) < 4.78 is 1.93. The van der Waals surface area contributed by atoms with Gasteiger partial charge in [-0.1, -0.05) is 6.92 Å². The fraction of sp³-hybridized carbons (Fsp3) is 0.500. The fourth-order valence-corrected chi connectivity index (χ4v) is 2.43. The molecule has 0 atom stereocenters. The number of anilines is 2. The maximum absolute atomic E-state index is 6.04. The van der Waals surface area contributed by atoms with Crippen LogP contribution in [-0.4, -0.2) is 14.8 Å². The Bertz CT molecular complexity index is 529. The van der Waals surface area contributed by atoms with Crippen molar-refractivity contribution in [1.29, 1.82) is 0 Å². The summed E-state index contributed by atoms with van der Waals surface area (Å²) in [5, 5.41) is 10.9. The minimum absolute atomic E-state index is 0.684.